The molecule has 0 saturated heterocycles. The molecule has 2 fully saturated rings. The van der Waals surface area contributed by atoms with Gasteiger partial charge in [0.2, 0.25) is 0 Å². The molecule has 4 rings (SSSR count). The SMILES string of the molecule is C=C.CC12CCC(=O)C=C1C=CC1C2CCC2(C)C(O)CCC12. The highest BCUT2D eigenvalue weighted by atomic mass is 16.3. The number of fused-ring (bicyclic) bond motifs is 5. The average molecular weight is 314 g/mol. The van der Waals surface area contributed by atoms with Gasteiger partial charge in [-0.25, -0.2) is 0 Å². The zero-order valence-electron chi connectivity index (χ0n) is 14.6. The van der Waals surface area contributed by atoms with Crippen LogP contribution in [0.5, 0.6) is 0 Å². The van der Waals surface area contributed by atoms with Crippen LogP contribution in [-0.4, -0.2) is 17.0 Å². The Labute approximate surface area is 140 Å². The van der Waals surface area contributed by atoms with E-state index in [9.17, 15) is 9.90 Å². The summed E-state index contributed by atoms with van der Waals surface area (Å²) in [5.74, 6) is 2.17. The van der Waals surface area contributed by atoms with Crippen molar-refractivity contribution >= 4 is 5.78 Å². The smallest absolute Gasteiger partial charge is 0.156 e. The summed E-state index contributed by atoms with van der Waals surface area (Å²) in [7, 11) is 0. The largest absolute Gasteiger partial charge is 0.393 e. The van der Waals surface area contributed by atoms with Crippen molar-refractivity contribution in [1.82, 2.24) is 0 Å². The summed E-state index contributed by atoms with van der Waals surface area (Å²) in [5.41, 5.74) is 1.57. The Bertz CT molecular complexity index is 560. The van der Waals surface area contributed by atoms with E-state index in [1.807, 2.05) is 6.08 Å². The monoisotopic (exact) mass is 314 g/mol. The lowest BCUT2D eigenvalue weighted by atomic mass is 9.49. The molecule has 0 aromatic carbocycles. The number of hydrogen-bond donors (Lipinski definition) is 1. The van der Waals surface area contributed by atoms with Gasteiger partial charge in [-0.05, 0) is 72.3 Å². The summed E-state index contributed by atoms with van der Waals surface area (Å²) in [4.78, 5) is 11.8. The highest BCUT2D eigenvalue weighted by Gasteiger charge is 2.57. The van der Waals surface area contributed by atoms with Gasteiger partial charge in [-0.2, -0.15) is 0 Å². The Morgan fingerprint density at radius 3 is 2.61 bits per heavy atom. The van der Waals surface area contributed by atoms with Crippen molar-refractivity contribution in [2.75, 3.05) is 0 Å². The Kier molecular flexibility index (Phi) is 4.16. The van der Waals surface area contributed by atoms with E-state index in [1.54, 1.807) is 0 Å². The molecule has 126 valence electrons. The fourth-order valence-electron chi connectivity index (χ4n) is 5.97. The van der Waals surface area contributed by atoms with Crippen LogP contribution in [0.25, 0.3) is 0 Å². The summed E-state index contributed by atoms with van der Waals surface area (Å²) < 4.78 is 0. The fraction of sp³-hybridized carbons (Fsp3) is 0.667. The number of rotatable bonds is 0. The average Bonchev–Trinajstić information content (AvgIpc) is 2.86. The molecule has 0 aliphatic heterocycles. The van der Waals surface area contributed by atoms with Crippen LogP contribution in [0.15, 0.2) is 37.0 Å². The Morgan fingerprint density at radius 2 is 1.87 bits per heavy atom. The van der Waals surface area contributed by atoms with Crippen molar-refractivity contribution in [2.45, 2.75) is 58.5 Å². The Hall–Kier alpha value is -1.15. The predicted molar refractivity (Wildman–Crippen MR) is 93.9 cm³/mol. The number of ketones is 1. The number of aliphatic hydroxyl groups excluding tert-OH is 1. The summed E-state index contributed by atoms with van der Waals surface area (Å²) in [6.45, 7) is 10.7. The van der Waals surface area contributed by atoms with Gasteiger partial charge in [-0.3, -0.25) is 4.79 Å². The highest BCUT2D eigenvalue weighted by Crippen LogP contribution is 2.63. The number of aliphatic hydroxyl groups is 1. The standard InChI is InChI=1S/C19H26O2.C2H4/c1-18-9-7-13(20)11-12(18)3-4-14-15-5-6-17(21)19(15,2)10-8-16(14)18;1-2/h3-4,11,14-17,21H,5-10H2,1-2H3;1-2H2. The lowest BCUT2D eigenvalue weighted by molar-refractivity contribution is -0.116. The maximum absolute atomic E-state index is 11.8. The molecule has 0 amide bonds. The Morgan fingerprint density at radius 1 is 1.13 bits per heavy atom. The molecular weight excluding hydrogens is 284 g/mol. The van der Waals surface area contributed by atoms with Crippen LogP contribution in [0, 0.1) is 28.6 Å². The first kappa shape index (κ1) is 16.7. The second kappa shape index (κ2) is 5.73. The second-order valence-corrected chi connectivity index (χ2v) is 8.27. The quantitative estimate of drug-likeness (QED) is 0.670. The van der Waals surface area contributed by atoms with Gasteiger partial charge in [-0.15, -0.1) is 13.2 Å². The topological polar surface area (TPSA) is 37.3 Å². The van der Waals surface area contributed by atoms with Gasteiger partial charge >= 0.3 is 0 Å². The van der Waals surface area contributed by atoms with E-state index >= 15 is 0 Å². The molecular formula is C21H30O2. The van der Waals surface area contributed by atoms with Gasteiger partial charge in [0.25, 0.3) is 0 Å². The van der Waals surface area contributed by atoms with Crippen LogP contribution in [0.2, 0.25) is 0 Å². The maximum Gasteiger partial charge on any atom is 0.156 e. The first-order chi connectivity index (χ1) is 10.9. The summed E-state index contributed by atoms with van der Waals surface area (Å²) in [5, 5.41) is 10.4. The third-order valence-electron chi connectivity index (χ3n) is 7.47. The normalized spacial score (nSPS) is 47.6. The molecule has 2 saturated carbocycles. The van der Waals surface area contributed by atoms with Gasteiger partial charge < -0.3 is 5.11 Å². The lowest BCUT2D eigenvalue weighted by Crippen LogP contribution is -2.49. The molecule has 4 aliphatic rings. The van der Waals surface area contributed by atoms with Crippen molar-refractivity contribution in [2.24, 2.45) is 28.6 Å². The molecule has 0 bridgehead atoms. The number of carbonyl (C=O) groups is 1. The zero-order valence-corrected chi connectivity index (χ0v) is 14.6. The van der Waals surface area contributed by atoms with Crippen LogP contribution in [0.3, 0.4) is 0 Å². The van der Waals surface area contributed by atoms with Crippen LogP contribution >= 0.6 is 0 Å². The number of carbonyl (C=O) groups excluding carboxylic acids is 1. The molecule has 2 nitrogen and oxygen atoms in total. The van der Waals surface area contributed by atoms with Crippen molar-refractivity contribution in [3.8, 4) is 0 Å². The molecule has 23 heavy (non-hydrogen) atoms. The first-order valence-corrected chi connectivity index (χ1v) is 9.06. The Balaban J connectivity index is 0.000000753. The molecule has 4 aliphatic carbocycles. The molecule has 0 spiro atoms. The van der Waals surface area contributed by atoms with E-state index < -0.39 is 0 Å². The van der Waals surface area contributed by atoms with E-state index in [1.165, 1.54) is 12.0 Å². The van der Waals surface area contributed by atoms with Crippen molar-refractivity contribution < 1.29 is 9.90 Å². The van der Waals surface area contributed by atoms with Crippen LogP contribution in [0.1, 0.15) is 52.4 Å². The van der Waals surface area contributed by atoms with Crippen LogP contribution < -0.4 is 0 Å². The second-order valence-electron chi connectivity index (χ2n) is 8.27. The van der Waals surface area contributed by atoms with E-state index in [2.05, 4.69) is 39.2 Å². The van der Waals surface area contributed by atoms with Crippen molar-refractivity contribution in [3.63, 3.8) is 0 Å². The van der Waals surface area contributed by atoms with Crippen LogP contribution in [-0.2, 0) is 4.79 Å². The van der Waals surface area contributed by atoms with Crippen molar-refractivity contribution in [1.29, 1.82) is 0 Å². The molecule has 0 heterocycles. The van der Waals surface area contributed by atoms with Gasteiger partial charge in [0, 0.05) is 6.42 Å². The minimum atomic E-state index is -0.116. The van der Waals surface area contributed by atoms with Gasteiger partial charge in [0.05, 0.1) is 6.10 Å². The van der Waals surface area contributed by atoms with E-state index in [-0.39, 0.29) is 16.9 Å². The first-order valence-electron chi connectivity index (χ1n) is 9.06. The summed E-state index contributed by atoms with van der Waals surface area (Å²) in [6.07, 6.45) is 12.6. The third kappa shape index (κ3) is 2.29. The van der Waals surface area contributed by atoms with E-state index in [4.69, 9.17) is 0 Å². The molecule has 1 N–H and O–H groups in total. The number of hydrogen-bond acceptors (Lipinski definition) is 2. The molecule has 0 radical (unpaired) electrons. The minimum absolute atomic E-state index is 0.116. The van der Waals surface area contributed by atoms with E-state index in [0.29, 0.717) is 30.0 Å². The molecule has 0 aromatic rings. The molecule has 6 atom stereocenters. The zero-order chi connectivity index (χ0) is 16.8. The number of allylic oxidation sites excluding steroid dienone is 4. The molecule has 0 aromatic heterocycles. The van der Waals surface area contributed by atoms with Crippen LogP contribution in [0.4, 0.5) is 0 Å². The fourth-order valence-corrected chi connectivity index (χ4v) is 5.97. The summed E-state index contributed by atoms with van der Waals surface area (Å²) >= 11 is 0. The predicted octanol–water partition coefficient (Wildman–Crippen LogP) is 4.46. The summed E-state index contributed by atoms with van der Waals surface area (Å²) in [6, 6.07) is 0. The maximum atomic E-state index is 11.8. The molecule has 2 heteroatoms. The highest BCUT2D eigenvalue weighted by molar-refractivity contribution is 5.92. The third-order valence-corrected chi connectivity index (χ3v) is 7.47. The van der Waals surface area contributed by atoms with Crippen molar-refractivity contribution in [3.05, 3.63) is 37.0 Å². The van der Waals surface area contributed by atoms with Gasteiger partial charge in [0.15, 0.2) is 5.78 Å². The lowest BCUT2D eigenvalue weighted by Gasteiger charge is -2.55. The van der Waals surface area contributed by atoms with E-state index in [0.717, 1.165) is 25.7 Å². The minimum Gasteiger partial charge on any atom is -0.393 e. The van der Waals surface area contributed by atoms with Gasteiger partial charge in [0.1, 0.15) is 0 Å². The molecule has 6 unspecified atom stereocenters. The van der Waals surface area contributed by atoms with Gasteiger partial charge in [-0.1, -0.05) is 26.0 Å².